The van der Waals surface area contributed by atoms with Gasteiger partial charge in [-0.2, -0.15) is 0 Å². The van der Waals surface area contributed by atoms with E-state index in [1.807, 2.05) is 5.38 Å². The van der Waals surface area contributed by atoms with E-state index in [4.69, 9.17) is 21.1 Å². The number of carbonyl (C=O) groups excluding carboxylic acids is 3. The van der Waals surface area contributed by atoms with E-state index in [1.165, 1.54) is 16.2 Å². The number of nitrogens with zero attached hydrogens (tertiary/aromatic N) is 2. The van der Waals surface area contributed by atoms with Crippen LogP contribution in [-0.4, -0.2) is 56.9 Å². The van der Waals surface area contributed by atoms with Crippen molar-refractivity contribution < 1.29 is 23.9 Å². The number of nitrogens with one attached hydrogen (secondary N) is 1. The van der Waals surface area contributed by atoms with Gasteiger partial charge in [0.2, 0.25) is 0 Å². The van der Waals surface area contributed by atoms with Gasteiger partial charge in [-0.25, -0.2) is 4.79 Å². The summed E-state index contributed by atoms with van der Waals surface area (Å²) < 4.78 is 10.5. The first-order valence-corrected chi connectivity index (χ1v) is 10.3. The lowest BCUT2D eigenvalue weighted by atomic mass is 10.2. The number of hydrogen-bond donors (Lipinski definition) is 1. The van der Waals surface area contributed by atoms with Crippen molar-refractivity contribution in [1.29, 1.82) is 0 Å². The molecule has 2 saturated heterocycles. The van der Waals surface area contributed by atoms with Crippen molar-refractivity contribution in [2.45, 2.75) is 6.10 Å². The Morgan fingerprint density at radius 1 is 1.28 bits per heavy atom. The van der Waals surface area contributed by atoms with Crippen LogP contribution in [0.3, 0.4) is 0 Å². The van der Waals surface area contributed by atoms with E-state index in [2.05, 4.69) is 5.32 Å². The van der Waals surface area contributed by atoms with Gasteiger partial charge in [0, 0.05) is 12.2 Å². The molecule has 2 aliphatic rings. The zero-order chi connectivity index (χ0) is 20.4. The minimum atomic E-state index is -0.508. The first-order valence-electron chi connectivity index (χ1n) is 9.00. The largest absolute Gasteiger partial charge is 0.442 e. The molecule has 152 valence electrons. The summed E-state index contributed by atoms with van der Waals surface area (Å²) in [5, 5.41) is 4.96. The Hall–Kier alpha value is -2.62. The van der Waals surface area contributed by atoms with Gasteiger partial charge in [-0.15, -0.1) is 11.3 Å². The van der Waals surface area contributed by atoms with Crippen molar-refractivity contribution in [2.75, 3.05) is 42.6 Å². The number of ether oxygens (including phenoxy) is 2. The monoisotopic (exact) mass is 435 g/mol. The zero-order valence-corrected chi connectivity index (χ0v) is 16.9. The molecule has 10 heteroatoms. The van der Waals surface area contributed by atoms with E-state index in [-0.39, 0.29) is 31.5 Å². The highest BCUT2D eigenvalue weighted by atomic mass is 35.5. The molecule has 2 aromatic rings. The Bertz CT molecular complexity index is 936. The van der Waals surface area contributed by atoms with Gasteiger partial charge in [0.05, 0.1) is 35.3 Å². The molecule has 29 heavy (non-hydrogen) atoms. The van der Waals surface area contributed by atoms with Crippen LogP contribution in [0.2, 0.25) is 5.02 Å². The second-order valence-electron chi connectivity index (χ2n) is 6.54. The second kappa shape index (κ2) is 8.40. The van der Waals surface area contributed by atoms with Crippen LogP contribution >= 0.6 is 22.9 Å². The molecule has 1 aromatic carbocycles. The molecule has 1 N–H and O–H groups in total. The molecule has 3 amide bonds. The summed E-state index contributed by atoms with van der Waals surface area (Å²) in [5.74, 6) is -0.356. The van der Waals surface area contributed by atoms with E-state index in [0.717, 1.165) is 0 Å². The number of rotatable bonds is 5. The van der Waals surface area contributed by atoms with Crippen LogP contribution in [0.4, 0.5) is 16.2 Å². The summed E-state index contributed by atoms with van der Waals surface area (Å²) in [6.07, 6.45) is -0.975. The Morgan fingerprint density at radius 2 is 2.14 bits per heavy atom. The molecule has 2 aliphatic heterocycles. The molecule has 0 radical (unpaired) electrons. The van der Waals surface area contributed by atoms with Crippen LogP contribution in [-0.2, 0) is 14.3 Å². The quantitative estimate of drug-likeness (QED) is 0.779. The molecule has 3 heterocycles. The van der Waals surface area contributed by atoms with E-state index in [0.29, 0.717) is 34.4 Å². The van der Waals surface area contributed by atoms with Crippen LogP contribution in [0, 0.1) is 0 Å². The predicted molar refractivity (Wildman–Crippen MR) is 109 cm³/mol. The number of carbonyl (C=O) groups is 3. The SMILES string of the molecule is O=C(NC[C@H]1CN(c2ccc(N3CCOCC3=O)c(Cl)c2)C(=O)O1)c1cccs1. The zero-order valence-electron chi connectivity index (χ0n) is 15.3. The third-order valence-corrected chi connectivity index (χ3v) is 5.80. The van der Waals surface area contributed by atoms with E-state index < -0.39 is 12.2 Å². The third kappa shape index (κ3) is 4.21. The van der Waals surface area contributed by atoms with E-state index in [1.54, 1.807) is 35.2 Å². The second-order valence-corrected chi connectivity index (χ2v) is 7.89. The molecule has 0 unspecified atom stereocenters. The van der Waals surface area contributed by atoms with Gasteiger partial charge >= 0.3 is 6.09 Å². The van der Waals surface area contributed by atoms with Gasteiger partial charge in [-0.05, 0) is 29.6 Å². The summed E-state index contributed by atoms with van der Waals surface area (Å²) in [6, 6.07) is 8.59. The van der Waals surface area contributed by atoms with E-state index in [9.17, 15) is 14.4 Å². The topological polar surface area (TPSA) is 88.2 Å². The number of halogens is 1. The molecular weight excluding hydrogens is 418 g/mol. The highest BCUT2D eigenvalue weighted by molar-refractivity contribution is 7.12. The first-order chi connectivity index (χ1) is 14.0. The van der Waals surface area contributed by atoms with Crippen molar-refractivity contribution in [3.05, 3.63) is 45.6 Å². The molecule has 1 atom stereocenters. The Morgan fingerprint density at radius 3 is 2.86 bits per heavy atom. The van der Waals surface area contributed by atoms with Crippen molar-refractivity contribution in [1.82, 2.24) is 5.32 Å². The molecule has 2 fully saturated rings. The number of cyclic esters (lactones) is 1. The average molecular weight is 436 g/mol. The summed E-state index contributed by atoms with van der Waals surface area (Å²) in [5.41, 5.74) is 1.15. The maximum absolute atomic E-state index is 12.3. The van der Waals surface area contributed by atoms with Crippen molar-refractivity contribution in [3.8, 4) is 0 Å². The number of hydrogen-bond acceptors (Lipinski definition) is 6. The first kappa shape index (κ1) is 19.7. The Balaban J connectivity index is 1.40. The normalized spacial score (nSPS) is 19.4. The molecule has 0 saturated carbocycles. The number of benzene rings is 1. The Labute approximate surface area is 175 Å². The lowest BCUT2D eigenvalue weighted by Crippen LogP contribution is -2.41. The number of anilines is 2. The van der Waals surface area contributed by atoms with Gasteiger partial charge in [0.25, 0.3) is 11.8 Å². The lowest BCUT2D eigenvalue weighted by Gasteiger charge is -2.28. The minimum absolute atomic E-state index is 0.0232. The van der Waals surface area contributed by atoms with Crippen molar-refractivity contribution in [2.24, 2.45) is 0 Å². The molecule has 0 spiro atoms. The molecule has 0 aliphatic carbocycles. The summed E-state index contributed by atoms with van der Waals surface area (Å²) in [4.78, 5) is 40.0. The van der Waals surface area contributed by atoms with Gasteiger partial charge in [0.15, 0.2) is 0 Å². The molecule has 1 aromatic heterocycles. The van der Waals surface area contributed by atoms with Crippen LogP contribution < -0.4 is 15.1 Å². The maximum Gasteiger partial charge on any atom is 0.414 e. The summed E-state index contributed by atoms with van der Waals surface area (Å²) in [7, 11) is 0. The number of morpholine rings is 1. The van der Waals surface area contributed by atoms with Gasteiger partial charge in [-0.3, -0.25) is 14.5 Å². The minimum Gasteiger partial charge on any atom is -0.442 e. The highest BCUT2D eigenvalue weighted by Crippen LogP contribution is 2.32. The van der Waals surface area contributed by atoms with Gasteiger partial charge in [0.1, 0.15) is 12.7 Å². The fourth-order valence-electron chi connectivity index (χ4n) is 3.20. The summed E-state index contributed by atoms with van der Waals surface area (Å²) in [6.45, 7) is 1.40. The highest BCUT2D eigenvalue weighted by Gasteiger charge is 2.33. The van der Waals surface area contributed by atoms with Crippen molar-refractivity contribution in [3.63, 3.8) is 0 Å². The smallest absolute Gasteiger partial charge is 0.414 e. The molecule has 0 bridgehead atoms. The molecule has 8 nitrogen and oxygen atoms in total. The standard InChI is InChI=1S/C19H18ClN3O5S/c20-14-8-12(3-4-15(14)22-5-6-27-11-17(22)24)23-10-13(28-19(23)26)9-21-18(25)16-2-1-7-29-16/h1-4,7-8,13H,5-6,9-11H2,(H,21,25)/t13-/m0/s1. The third-order valence-electron chi connectivity index (χ3n) is 4.63. The van der Waals surface area contributed by atoms with Crippen LogP contribution in [0.25, 0.3) is 0 Å². The van der Waals surface area contributed by atoms with Gasteiger partial charge in [-0.1, -0.05) is 17.7 Å². The number of thiophene rings is 1. The summed E-state index contributed by atoms with van der Waals surface area (Å²) >= 11 is 7.73. The van der Waals surface area contributed by atoms with E-state index >= 15 is 0 Å². The average Bonchev–Trinajstić information content (AvgIpc) is 3.37. The predicted octanol–water partition coefficient (Wildman–Crippen LogP) is 2.52. The lowest BCUT2D eigenvalue weighted by molar-refractivity contribution is -0.125. The molecular formula is C19H18ClN3O5S. The fraction of sp³-hybridized carbons (Fsp3) is 0.316. The van der Waals surface area contributed by atoms with Gasteiger partial charge < -0.3 is 19.7 Å². The van der Waals surface area contributed by atoms with Crippen LogP contribution in [0.1, 0.15) is 9.67 Å². The molecule has 4 rings (SSSR count). The van der Waals surface area contributed by atoms with Crippen LogP contribution in [0.5, 0.6) is 0 Å². The fourth-order valence-corrected chi connectivity index (χ4v) is 4.11. The van der Waals surface area contributed by atoms with Crippen LogP contribution in [0.15, 0.2) is 35.7 Å². The van der Waals surface area contributed by atoms with Crippen molar-refractivity contribution >= 4 is 52.2 Å². The Kier molecular flexibility index (Phi) is 5.70. The number of amides is 3. The maximum atomic E-state index is 12.3.